The molecule has 0 fully saturated rings. The minimum Gasteiger partial charge on any atom is -0.497 e. The fourth-order valence-electron chi connectivity index (χ4n) is 3.20. The number of carbonyl (C=O) groups excluding carboxylic acids is 1. The molecule has 0 aliphatic rings. The standard InChI is InChI=1S/C21H26N2O3/c1-14(2)21(24)22-10-5-11-23-19-12-15(25-3)6-8-17(19)18-9-7-16(26-4)13-20(18)23/h6-9,12-14H,5,10-11H2,1-4H3,(H,22,24). The van der Waals surface area contributed by atoms with E-state index in [1.165, 1.54) is 10.8 Å². The molecule has 1 amide bonds. The van der Waals surface area contributed by atoms with Gasteiger partial charge >= 0.3 is 0 Å². The molecule has 1 heterocycles. The zero-order chi connectivity index (χ0) is 18.7. The Morgan fingerprint density at radius 3 is 2.00 bits per heavy atom. The van der Waals surface area contributed by atoms with Gasteiger partial charge in [0.25, 0.3) is 0 Å². The van der Waals surface area contributed by atoms with Crippen LogP contribution < -0.4 is 14.8 Å². The maximum atomic E-state index is 11.7. The number of methoxy groups -OCH3 is 2. The monoisotopic (exact) mass is 354 g/mol. The number of hydrogen-bond donors (Lipinski definition) is 1. The molecule has 5 heteroatoms. The number of rotatable bonds is 7. The van der Waals surface area contributed by atoms with Crippen molar-refractivity contribution >= 4 is 27.7 Å². The molecular formula is C21H26N2O3. The Hall–Kier alpha value is -2.69. The van der Waals surface area contributed by atoms with Crippen LogP contribution in [0, 0.1) is 5.92 Å². The first-order valence-corrected chi connectivity index (χ1v) is 8.97. The van der Waals surface area contributed by atoms with E-state index >= 15 is 0 Å². The van der Waals surface area contributed by atoms with Crippen molar-refractivity contribution in [2.75, 3.05) is 20.8 Å². The van der Waals surface area contributed by atoms with Gasteiger partial charge < -0.3 is 19.4 Å². The van der Waals surface area contributed by atoms with Crippen LogP contribution in [-0.4, -0.2) is 31.2 Å². The number of ether oxygens (including phenoxy) is 2. The van der Waals surface area contributed by atoms with Crippen molar-refractivity contribution in [2.24, 2.45) is 5.92 Å². The van der Waals surface area contributed by atoms with Gasteiger partial charge in [-0.05, 0) is 30.7 Å². The summed E-state index contributed by atoms with van der Waals surface area (Å²) in [7, 11) is 3.36. The normalized spacial score (nSPS) is 11.3. The van der Waals surface area contributed by atoms with E-state index in [2.05, 4.69) is 34.1 Å². The van der Waals surface area contributed by atoms with E-state index in [0.717, 1.165) is 35.5 Å². The second-order valence-electron chi connectivity index (χ2n) is 6.72. The Kier molecular flexibility index (Phi) is 5.35. The second kappa shape index (κ2) is 7.68. The second-order valence-corrected chi connectivity index (χ2v) is 6.72. The quantitative estimate of drug-likeness (QED) is 0.653. The van der Waals surface area contributed by atoms with Crippen molar-refractivity contribution in [1.82, 2.24) is 9.88 Å². The number of fused-ring (bicyclic) bond motifs is 3. The first kappa shape index (κ1) is 18.1. The van der Waals surface area contributed by atoms with Gasteiger partial charge in [-0.15, -0.1) is 0 Å². The lowest BCUT2D eigenvalue weighted by Crippen LogP contribution is -2.29. The molecule has 1 aromatic heterocycles. The maximum Gasteiger partial charge on any atom is 0.222 e. The third-order valence-corrected chi connectivity index (χ3v) is 4.66. The third kappa shape index (κ3) is 3.47. The van der Waals surface area contributed by atoms with E-state index in [1.807, 2.05) is 26.0 Å². The van der Waals surface area contributed by atoms with Crippen LogP contribution in [0.1, 0.15) is 20.3 Å². The smallest absolute Gasteiger partial charge is 0.222 e. The average molecular weight is 354 g/mol. The summed E-state index contributed by atoms with van der Waals surface area (Å²) in [6.07, 6.45) is 0.853. The third-order valence-electron chi connectivity index (χ3n) is 4.66. The molecule has 0 bridgehead atoms. The summed E-state index contributed by atoms with van der Waals surface area (Å²) in [6, 6.07) is 12.3. The van der Waals surface area contributed by atoms with Gasteiger partial charge in [0.1, 0.15) is 11.5 Å². The predicted molar refractivity (Wildman–Crippen MR) is 105 cm³/mol. The van der Waals surface area contributed by atoms with Crippen molar-refractivity contribution in [1.29, 1.82) is 0 Å². The highest BCUT2D eigenvalue weighted by atomic mass is 16.5. The molecule has 0 aliphatic carbocycles. The van der Waals surface area contributed by atoms with Gasteiger partial charge in [-0.2, -0.15) is 0 Å². The number of hydrogen-bond acceptors (Lipinski definition) is 3. The van der Waals surface area contributed by atoms with Crippen molar-refractivity contribution in [2.45, 2.75) is 26.8 Å². The molecule has 3 rings (SSSR count). The van der Waals surface area contributed by atoms with Crippen LogP contribution in [0.5, 0.6) is 11.5 Å². The molecule has 1 N–H and O–H groups in total. The highest BCUT2D eigenvalue weighted by Crippen LogP contribution is 2.33. The summed E-state index contributed by atoms with van der Waals surface area (Å²) < 4.78 is 13.1. The molecule has 5 nitrogen and oxygen atoms in total. The highest BCUT2D eigenvalue weighted by Gasteiger charge is 2.13. The van der Waals surface area contributed by atoms with Gasteiger partial charge in [0, 0.05) is 41.9 Å². The first-order chi connectivity index (χ1) is 12.5. The van der Waals surface area contributed by atoms with Gasteiger partial charge in [0.15, 0.2) is 0 Å². The lowest BCUT2D eigenvalue weighted by Gasteiger charge is -2.11. The van der Waals surface area contributed by atoms with Crippen molar-refractivity contribution in [3.8, 4) is 11.5 Å². The molecule has 3 aromatic rings. The van der Waals surface area contributed by atoms with Crippen LogP contribution in [0.3, 0.4) is 0 Å². The van der Waals surface area contributed by atoms with Gasteiger partial charge in [-0.3, -0.25) is 4.79 Å². The molecule has 0 saturated heterocycles. The minimum atomic E-state index is 0.0109. The Bertz CT molecular complexity index is 867. The zero-order valence-corrected chi connectivity index (χ0v) is 15.8. The van der Waals surface area contributed by atoms with Crippen LogP contribution >= 0.6 is 0 Å². The SMILES string of the molecule is COc1ccc2c3ccc(OC)cc3n(CCCNC(=O)C(C)C)c2c1. The first-order valence-electron chi connectivity index (χ1n) is 8.97. The number of amides is 1. The van der Waals surface area contributed by atoms with Crippen LogP contribution in [0.4, 0.5) is 0 Å². The van der Waals surface area contributed by atoms with Crippen LogP contribution in [0.2, 0.25) is 0 Å². The van der Waals surface area contributed by atoms with E-state index in [-0.39, 0.29) is 11.8 Å². The van der Waals surface area contributed by atoms with Crippen LogP contribution in [0.25, 0.3) is 21.8 Å². The summed E-state index contributed by atoms with van der Waals surface area (Å²) in [5.74, 6) is 1.77. The van der Waals surface area contributed by atoms with Gasteiger partial charge in [0.2, 0.25) is 5.91 Å². The molecule has 138 valence electrons. The summed E-state index contributed by atoms with van der Waals surface area (Å²) in [5.41, 5.74) is 2.26. The molecule has 0 atom stereocenters. The topological polar surface area (TPSA) is 52.5 Å². The van der Waals surface area contributed by atoms with Gasteiger partial charge in [0.05, 0.1) is 25.3 Å². The molecule has 0 saturated carbocycles. The number of nitrogens with zero attached hydrogens (tertiary/aromatic N) is 1. The molecule has 2 aromatic carbocycles. The average Bonchev–Trinajstić information content (AvgIpc) is 2.96. The number of aryl methyl sites for hydroxylation is 1. The predicted octanol–water partition coefficient (Wildman–Crippen LogP) is 3.97. The Balaban J connectivity index is 1.95. The number of aromatic nitrogens is 1. The highest BCUT2D eigenvalue weighted by molar-refractivity contribution is 6.08. The fraction of sp³-hybridized carbons (Fsp3) is 0.381. The van der Waals surface area contributed by atoms with E-state index in [9.17, 15) is 4.79 Å². The van der Waals surface area contributed by atoms with Crippen molar-refractivity contribution in [3.63, 3.8) is 0 Å². The Labute approximate surface area is 153 Å². The fourth-order valence-corrected chi connectivity index (χ4v) is 3.20. The number of nitrogens with one attached hydrogen (secondary N) is 1. The summed E-state index contributed by atoms with van der Waals surface area (Å²) in [4.78, 5) is 11.7. The molecule has 26 heavy (non-hydrogen) atoms. The lowest BCUT2D eigenvalue weighted by atomic mass is 10.1. The van der Waals surface area contributed by atoms with Crippen LogP contribution in [0.15, 0.2) is 36.4 Å². The maximum absolute atomic E-state index is 11.7. The van der Waals surface area contributed by atoms with Crippen LogP contribution in [-0.2, 0) is 11.3 Å². The van der Waals surface area contributed by atoms with E-state index in [1.54, 1.807) is 14.2 Å². The van der Waals surface area contributed by atoms with E-state index < -0.39 is 0 Å². The number of carbonyl (C=O) groups is 1. The molecule has 0 aliphatic heterocycles. The Morgan fingerprint density at radius 2 is 1.54 bits per heavy atom. The summed E-state index contributed by atoms with van der Waals surface area (Å²) >= 11 is 0. The molecular weight excluding hydrogens is 328 g/mol. The van der Waals surface area contributed by atoms with Gasteiger partial charge in [-0.25, -0.2) is 0 Å². The molecule has 0 radical (unpaired) electrons. The minimum absolute atomic E-state index is 0.0109. The molecule has 0 unspecified atom stereocenters. The van der Waals surface area contributed by atoms with Gasteiger partial charge in [-0.1, -0.05) is 13.8 Å². The summed E-state index contributed by atoms with van der Waals surface area (Å²) in [5, 5.41) is 5.36. The summed E-state index contributed by atoms with van der Waals surface area (Å²) in [6.45, 7) is 5.27. The van der Waals surface area contributed by atoms with Crippen molar-refractivity contribution < 1.29 is 14.3 Å². The Morgan fingerprint density at radius 1 is 1.00 bits per heavy atom. The van der Waals surface area contributed by atoms with E-state index in [0.29, 0.717) is 6.54 Å². The molecule has 0 spiro atoms. The number of benzene rings is 2. The zero-order valence-electron chi connectivity index (χ0n) is 15.8. The largest absolute Gasteiger partial charge is 0.497 e. The lowest BCUT2D eigenvalue weighted by molar-refractivity contribution is -0.123. The van der Waals surface area contributed by atoms with E-state index in [4.69, 9.17) is 9.47 Å². The van der Waals surface area contributed by atoms with Crippen molar-refractivity contribution in [3.05, 3.63) is 36.4 Å².